The molecule has 1 saturated heterocycles. The molecule has 144 valence electrons. The Kier molecular flexibility index (Phi) is 5.45. The van der Waals surface area contributed by atoms with Crippen LogP contribution >= 0.6 is 0 Å². The van der Waals surface area contributed by atoms with Gasteiger partial charge in [-0.05, 0) is 43.5 Å². The number of hydrogen-bond acceptors (Lipinski definition) is 4. The Morgan fingerprint density at radius 3 is 2.89 bits per heavy atom. The summed E-state index contributed by atoms with van der Waals surface area (Å²) >= 11 is 0. The number of hydrogen-bond donors (Lipinski definition) is 3. The van der Waals surface area contributed by atoms with Gasteiger partial charge in [-0.1, -0.05) is 18.2 Å². The number of rotatable bonds is 5. The van der Waals surface area contributed by atoms with Crippen LogP contribution in [0.3, 0.4) is 0 Å². The van der Waals surface area contributed by atoms with E-state index in [1.165, 1.54) is 11.1 Å². The van der Waals surface area contributed by atoms with Gasteiger partial charge in [0.15, 0.2) is 0 Å². The topological polar surface area (TPSA) is 69.4 Å². The van der Waals surface area contributed by atoms with Crippen molar-refractivity contribution in [2.24, 2.45) is 0 Å². The van der Waals surface area contributed by atoms with Crippen LogP contribution < -0.4 is 15.4 Å². The average molecular weight is 368 g/mol. The number of benzene rings is 1. The summed E-state index contributed by atoms with van der Waals surface area (Å²) in [6.07, 6.45) is 2.94. The fourth-order valence-electron chi connectivity index (χ4n) is 4.05. The molecule has 0 saturated carbocycles. The van der Waals surface area contributed by atoms with Crippen LogP contribution in [-0.2, 0) is 19.5 Å². The molecule has 0 spiro atoms. The first kappa shape index (κ1) is 18.1. The Labute approximate surface area is 160 Å². The summed E-state index contributed by atoms with van der Waals surface area (Å²) in [6, 6.07) is 10.4. The van der Waals surface area contributed by atoms with Gasteiger partial charge in [-0.2, -0.15) is 0 Å². The van der Waals surface area contributed by atoms with Crippen molar-refractivity contribution in [2.45, 2.75) is 38.4 Å². The molecule has 6 heteroatoms. The molecule has 3 heterocycles. The number of H-pyrrole nitrogens is 1. The number of aromatic amines is 1. The highest BCUT2D eigenvalue weighted by molar-refractivity contribution is 5.93. The summed E-state index contributed by atoms with van der Waals surface area (Å²) in [6.45, 7) is 4.66. The molecule has 2 aromatic rings. The SMILES string of the molecule is COc1ccccc1CN1CCC(NC(=O)c2cc3c([nH]2)CNCC3)CC1. The number of nitrogens with one attached hydrogen (secondary N) is 3. The molecule has 1 aromatic heterocycles. The van der Waals surface area contributed by atoms with Crippen LogP contribution in [0.5, 0.6) is 5.75 Å². The third kappa shape index (κ3) is 4.17. The van der Waals surface area contributed by atoms with Crippen molar-refractivity contribution in [1.82, 2.24) is 20.5 Å². The van der Waals surface area contributed by atoms with Gasteiger partial charge in [0.2, 0.25) is 0 Å². The number of nitrogens with zero attached hydrogens (tertiary/aromatic N) is 1. The molecule has 0 aliphatic carbocycles. The van der Waals surface area contributed by atoms with E-state index in [0.717, 1.165) is 63.4 Å². The van der Waals surface area contributed by atoms with Crippen LogP contribution in [0, 0.1) is 0 Å². The Bertz CT molecular complexity index is 770. The fourth-order valence-corrected chi connectivity index (χ4v) is 4.05. The number of methoxy groups -OCH3 is 1. The van der Waals surface area contributed by atoms with Gasteiger partial charge >= 0.3 is 0 Å². The molecular weight excluding hydrogens is 340 g/mol. The number of carbonyl (C=O) groups excluding carboxylic acids is 1. The van der Waals surface area contributed by atoms with E-state index in [9.17, 15) is 4.79 Å². The van der Waals surface area contributed by atoms with Crippen LogP contribution in [0.15, 0.2) is 30.3 Å². The molecule has 0 unspecified atom stereocenters. The van der Waals surface area contributed by atoms with Gasteiger partial charge in [0.05, 0.1) is 7.11 Å². The molecule has 0 atom stereocenters. The molecule has 0 radical (unpaired) electrons. The number of amides is 1. The molecule has 1 amide bonds. The van der Waals surface area contributed by atoms with Gasteiger partial charge < -0.3 is 20.4 Å². The lowest BCUT2D eigenvalue weighted by Gasteiger charge is -2.32. The highest BCUT2D eigenvalue weighted by Gasteiger charge is 2.23. The summed E-state index contributed by atoms with van der Waals surface area (Å²) in [7, 11) is 1.72. The highest BCUT2D eigenvalue weighted by atomic mass is 16.5. The smallest absolute Gasteiger partial charge is 0.267 e. The maximum absolute atomic E-state index is 12.6. The predicted molar refractivity (Wildman–Crippen MR) is 105 cm³/mol. The molecule has 0 bridgehead atoms. The summed E-state index contributed by atoms with van der Waals surface area (Å²) < 4.78 is 5.45. The van der Waals surface area contributed by atoms with Crippen LogP contribution in [0.2, 0.25) is 0 Å². The van der Waals surface area contributed by atoms with Crippen molar-refractivity contribution in [3.8, 4) is 5.75 Å². The van der Waals surface area contributed by atoms with Crippen LogP contribution in [-0.4, -0.2) is 48.6 Å². The summed E-state index contributed by atoms with van der Waals surface area (Å²) in [5.74, 6) is 0.964. The Hall–Kier alpha value is -2.31. The Morgan fingerprint density at radius 2 is 2.11 bits per heavy atom. The van der Waals surface area contributed by atoms with Gasteiger partial charge in [0.25, 0.3) is 5.91 Å². The van der Waals surface area contributed by atoms with Crippen molar-refractivity contribution in [3.05, 3.63) is 52.8 Å². The van der Waals surface area contributed by atoms with Crippen LogP contribution in [0.1, 0.15) is 40.2 Å². The number of likely N-dealkylation sites (tertiary alicyclic amines) is 1. The second-order valence-electron chi connectivity index (χ2n) is 7.45. The number of fused-ring (bicyclic) bond motifs is 1. The van der Waals surface area contributed by atoms with Gasteiger partial charge in [-0.25, -0.2) is 0 Å². The zero-order chi connectivity index (χ0) is 18.6. The molecule has 1 fully saturated rings. The minimum Gasteiger partial charge on any atom is -0.496 e. The predicted octanol–water partition coefficient (Wildman–Crippen LogP) is 2.06. The molecule has 4 rings (SSSR count). The largest absolute Gasteiger partial charge is 0.496 e. The standard InChI is InChI=1S/C21H28N4O2/c1-27-20-5-3-2-4-16(20)14-25-10-7-17(8-11-25)23-21(26)18-12-15-6-9-22-13-19(15)24-18/h2-5,12,17,22,24H,6-11,13-14H2,1H3,(H,23,26). The van der Waals surface area contributed by atoms with E-state index in [2.05, 4.69) is 32.7 Å². The zero-order valence-corrected chi connectivity index (χ0v) is 15.9. The van der Waals surface area contributed by atoms with Gasteiger partial charge in [0, 0.05) is 43.5 Å². The molecule has 3 N–H and O–H groups in total. The number of aromatic nitrogens is 1. The molecule has 2 aliphatic rings. The number of carbonyl (C=O) groups is 1. The lowest BCUT2D eigenvalue weighted by atomic mass is 10.0. The molecule has 2 aliphatic heterocycles. The second kappa shape index (κ2) is 8.15. The molecule has 27 heavy (non-hydrogen) atoms. The van der Waals surface area contributed by atoms with E-state index in [-0.39, 0.29) is 11.9 Å². The van der Waals surface area contributed by atoms with E-state index >= 15 is 0 Å². The zero-order valence-electron chi connectivity index (χ0n) is 15.9. The van der Waals surface area contributed by atoms with Crippen molar-refractivity contribution >= 4 is 5.91 Å². The fraction of sp³-hybridized carbons (Fsp3) is 0.476. The van der Waals surface area contributed by atoms with E-state index in [0.29, 0.717) is 5.69 Å². The number of ether oxygens (including phenoxy) is 1. The maximum Gasteiger partial charge on any atom is 0.267 e. The van der Waals surface area contributed by atoms with Crippen LogP contribution in [0.4, 0.5) is 0 Å². The lowest BCUT2D eigenvalue weighted by molar-refractivity contribution is 0.0904. The number of piperidine rings is 1. The third-order valence-electron chi connectivity index (χ3n) is 5.62. The summed E-state index contributed by atoms with van der Waals surface area (Å²) in [5, 5.41) is 6.54. The summed E-state index contributed by atoms with van der Waals surface area (Å²) in [5.41, 5.74) is 4.33. The monoisotopic (exact) mass is 368 g/mol. The maximum atomic E-state index is 12.6. The minimum absolute atomic E-state index is 0.0209. The highest BCUT2D eigenvalue weighted by Crippen LogP contribution is 2.22. The first-order valence-electron chi connectivity index (χ1n) is 9.79. The molecule has 6 nitrogen and oxygen atoms in total. The van der Waals surface area contributed by atoms with Crippen molar-refractivity contribution in [1.29, 1.82) is 0 Å². The van der Waals surface area contributed by atoms with E-state index in [4.69, 9.17) is 4.74 Å². The van der Waals surface area contributed by atoms with Gasteiger partial charge in [-0.3, -0.25) is 9.69 Å². The lowest BCUT2D eigenvalue weighted by Crippen LogP contribution is -2.44. The Balaban J connectivity index is 1.29. The van der Waals surface area contributed by atoms with Gasteiger partial charge in [0.1, 0.15) is 11.4 Å². The third-order valence-corrected chi connectivity index (χ3v) is 5.62. The first-order valence-corrected chi connectivity index (χ1v) is 9.79. The van der Waals surface area contributed by atoms with E-state index < -0.39 is 0 Å². The molecule has 1 aromatic carbocycles. The average Bonchev–Trinajstić information content (AvgIpc) is 3.14. The van der Waals surface area contributed by atoms with Gasteiger partial charge in [-0.15, -0.1) is 0 Å². The van der Waals surface area contributed by atoms with Crippen molar-refractivity contribution in [3.63, 3.8) is 0 Å². The number of para-hydroxylation sites is 1. The normalized spacial score (nSPS) is 18.1. The second-order valence-corrected chi connectivity index (χ2v) is 7.45. The van der Waals surface area contributed by atoms with Crippen molar-refractivity contribution in [2.75, 3.05) is 26.7 Å². The van der Waals surface area contributed by atoms with E-state index in [1.54, 1.807) is 7.11 Å². The Morgan fingerprint density at radius 1 is 1.30 bits per heavy atom. The minimum atomic E-state index is 0.0209. The van der Waals surface area contributed by atoms with E-state index in [1.807, 2.05) is 18.2 Å². The summed E-state index contributed by atoms with van der Waals surface area (Å²) in [4.78, 5) is 18.3. The quantitative estimate of drug-likeness (QED) is 0.756. The van der Waals surface area contributed by atoms with Crippen molar-refractivity contribution < 1.29 is 9.53 Å². The van der Waals surface area contributed by atoms with Crippen LogP contribution in [0.25, 0.3) is 0 Å². The first-order chi connectivity index (χ1) is 13.2. The molecular formula is C21H28N4O2.